The summed E-state index contributed by atoms with van der Waals surface area (Å²) in [6.07, 6.45) is 1.84. The number of methoxy groups -OCH3 is 1. The van der Waals surface area contributed by atoms with E-state index in [-0.39, 0.29) is 5.60 Å². The zero-order valence-electron chi connectivity index (χ0n) is 17.2. The first kappa shape index (κ1) is 20.9. The quantitative estimate of drug-likeness (QED) is 0.562. The predicted molar refractivity (Wildman–Crippen MR) is 111 cm³/mol. The molecule has 0 atom stereocenters. The molecule has 1 N–H and O–H groups in total. The molecule has 0 saturated carbocycles. The molecule has 0 unspecified atom stereocenters. The normalized spacial score (nSPS) is 20.8. The van der Waals surface area contributed by atoms with E-state index in [1.165, 1.54) is 0 Å². The molecule has 2 fully saturated rings. The molecule has 1 aromatic carbocycles. The van der Waals surface area contributed by atoms with Gasteiger partial charge in [0.2, 0.25) is 0 Å². The van der Waals surface area contributed by atoms with Crippen LogP contribution in [0.15, 0.2) is 35.3 Å². The minimum Gasteiger partial charge on any atom is -0.492 e. The molecule has 2 aliphatic heterocycles. The van der Waals surface area contributed by atoms with Crippen LogP contribution in [0, 0.1) is 0 Å². The van der Waals surface area contributed by atoms with Crippen LogP contribution in [0.4, 0.5) is 0 Å². The largest absolute Gasteiger partial charge is 0.492 e. The van der Waals surface area contributed by atoms with E-state index in [0.29, 0.717) is 0 Å². The first-order chi connectivity index (χ1) is 13.7. The summed E-state index contributed by atoms with van der Waals surface area (Å²) in [5, 5.41) is 3.53. The van der Waals surface area contributed by atoms with E-state index in [1.807, 2.05) is 37.4 Å². The van der Waals surface area contributed by atoms with Crippen molar-refractivity contribution in [2.45, 2.75) is 18.4 Å². The van der Waals surface area contributed by atoms with E-state index in [1.54, 1.807) is 7.11 Å². The maximum Gasteiger partial charge on any atom is 0.193 e. The minimum absolute atomic E-state index is 0.148. The number of nitrogens with one attached hydrogen (secondary N) is 1. The standard InChI is InChI=1S/C21H34N4O3/c1-22-20(23-18-21(26-2)8-15-27-16-9-21)25-12-10-24(11-13-25)14-17-28-19-6-4-3-5-7-19/h3-7H,8-18H2,1-2H3,(H,22,23). The van der Waals surface area contributed by atoms with Gasteiger partial charge in [-0.1, -0.05) is 18.2 Å². The second kappa shape index (κ2) is 10.6. The van der Waals surface area contributed by atoms with E-state index in [4.69, 9.17) is 14.2 Å². The maximum absolute atomic E-state index is 5.82. The lowest BCUT2D eigenvalue weighted by atomic mass is 9.94. The van der Waals surface area contributed by atoms with Crippen LogP contribution in [0.3, 0.4) is 0 Å². The zero-order valence-corrected chi connectivity index (χ0v) is 17.2. The van der Waals surface area contributed by atoms with Gasteiger partial charge in [0.15, 0.2) is 5.96 Å². The Balaban J connectivity index is 1.39. The Morgan fingerprint density at radius 2 is 1.86 bits per heavy atom. The smallest absolute Gasteiger partial charge is 0.193 e. The molecule has 0 radical (unpaired) electrons. The third-order valence-corrected chi connectivity index (χ3v) is 5.71. The van der Waals surface area contributed by atoms with E-state index in [0.717, 1.165) is 83.6 Å². The lowest BCUT2D eigenvalue weighted by Gasteiger charge is -2.39. The summed E-state index contributed by atoms with van der Waals surface area (Å²) in [6, 6.07) is 10.0. The van der Waals surface area contributed by atoms with Crippen molar-refractivity contribution in [2.75, 3.05) is 73.2 Å². The average Bonchev–Trinajstić information content (AvgIpc) is 2.76. The summed E-state index contributed by atoms with van der Waals surface area (Å²) in [6.45, 7) is 7.92. The first-order valence-electron chi connectivity index (χ1n) is 10.2. The Labute approximate surface area is 168 Å². The van der Waals surface area contributed by atoms with Crippen LogP contribution in [0.2, 0.25) is 0 Å². The SMILES string of the molecule is CN=C(NCC1(OC)CCOCC1)N1CCN(CCOc2ccccc2)CC1. The second-order valence-electron chi connectivity index (χ2n) is 7.39. The fourth-order valence-electron chi connectivity index (χ4n) is 3.76. The van der Waals surface area contributed by atoms with Crippen molar-refractivity contribution in [3.63, 3.8) is 0 Å². The Kier molecular flexibility index (Phi) is 7.94. The second-order valence-corrected chi connectivity index (χ2v) is 7.39. The van der Waals surface area contributed by atoms with Crippen LogP contribution in [0.5, 0.6) is 5.75 Å². The monoisotopic (exact) mass is 390 g/mol. The highest BCUT2D eigenvalue weighted by Crippen LogP contribution is 2.23. The fourth-order valence-corrected chi connectivity index (χ4v) is 3.76. The van der Waals surface area contributed by atoms with Gasteiger partial charge >= 0.3 is 0 Å². The van der Waals surface area contributed by atoms with Crippen molar-refractivity contribution >= 4 is 5.96 Å². The summed E-state index contributed by atoms with van der Waals surface area (Å²) in [4.78, 5) is 9.27. The van der Waals surface area contributed by atoms with Crippen LogP contribution in [0.25, 0.3) is 0 Å². The van der Waals surface area contributed by atoms with Crippen LogP contribution in [-0.4, -0.2) is 94.6 Å². The maximum atomic E-state index is 5.82. The summed E-state index contributed by atoms with van der Waals surface area (Å²) in [5.74, 6) is 1.90. The number of ether oxygens (including phenoxy) is 3. The number of hydrogen-bond acceptors (Lipinski definition) is 5. The van der Waals surface area contributed by atoms with Crippen LogP contribution in [0.1, 0.15) is 12.8 Å². The number of guanidine groups is 1. The molecule has 0 bridgehead atoms. The summed E-state index contributed by atoms with van der Waals surface area (Å²) < 4.78 is 17.1. The Morgan fingerprint density at radius 3 is 2.50 bits per heavy atom. The number of piperazine rings is 1. The lowest BCUT2D eigenvalue weighted by Crippen LogP contribution is -2.56. The van der Waals surface area contributed by atoms with Gasteiger partial charge in [-0.2, -0.15) is 0 Å². The molecule has 0 amide bonds. The molecule has 28 heavy (non-hydrogen) atoms. The number of hydrogen-bond donors (Lipinski definition) is 1. The van der Waals surface area contributed by atoms with Gasteiger partial charge in [0.25, 0.3) is 0 Å². The molecule has 1 aromatic rings. The zero-order chi connectivity index (χ0) is 19.7. The molecule has 7 heteroatoms. The number of aliphatic imine (C=N–C) groups is 1. The molecule has 2 saturated heterocycles. The van der Waals surface area contributed by atoms with Crippen molar-refractivity contribution < 1.29 is 14.2 Å². The Morgan fingerprint density at radius 1 is 1.14 bits per heavy atom. The van der Waals surface area contributed by atoms with Crippen molar-refractivity contribution in [2.24, 2.45) is 4.99 Å². The van der Waals surface area contributed by atoms with Gasteiger partial charge in [-0.05, 0) is 12.1 Å². The third-order valence-electron chi connectivity index (χ3n) is 5.71. The van der Waals surface area contributed by atoms with E-state index in [9.17, 15) is 0 Å². The molecule has 3 rings (SSSR count). The van der Waals surface area contributed by atoms with E-state index >= 15 is 0 Å². The van der Waals surface area contributed by atoms with Gasteiger partial charge in [-0.3, -0.25) is 9.89 Å². The Bertz CT molecular complexity index is 597. The number of para-hydroxylation sites is 1. The highest BCUT2D eigenvalue weighted by Gasteiger charge is 2.33. The van der Waals surface area contributed by atoms with Gasteiger partial charge in [-0.25, -0.2) is 0 Å². The summed E-state index contributed by atoms with van der Waals surface area (Å²) in [7, 11) is 3.65. The molecule has 0 aromatic heterocycles. The van der Waals surface area contributed by atoms with Crippen molar-refractivity contribution in [1.29, 1.82) is 0 Å². The molecular formula is C21H34N4O3. The van der Waals surface area contributed by atoms with Gasteiger partial charge < -0.3 is 24.4 Å². The highest BCUT2D eigenvalue weighted by atomic mass is 16.5. The molecular weight excluding hydrogens is 356 g/mol. The van der Waals surface area contributed by atoms with Gasteiger partial charge in [-0.15, -0.1) is 0 Å². The Hall–Kier alpha value is -1.83. The average molecular weight is 391 g/mol. The predicted octanol–water partition coefficient (Wildman–Crippen LogP) is 1.45. The molecule has 0 aliphatic carbocycles. The van der Waals surface area contributed by atoms with E-state index in [2.05, 4.69) is 20.1 Å². The topological polar surface area (TPSA) is 58.6 Å². The fraction of sp³-hybridized carbons (Fsp3) is 0.667. The van der Waals surface area contributed by atoms with E-state index < -0.39 is 0 Å². The van der Waals surface area contributed by atoms with Gasteiger partial charge in [0, 0.05) is 79.5 Å². The van der Waals surface area contributed by atoms with Crippen molar-refractivity contribution in [1.82, 2.24) is 15.1 Å². The van der Waals surface area contributed by atoms with Crippen molar-refractivity contribution in [3.8, 4) is 5.75 Å². The molecule has 156 valence electrons. The van der Waals surface area contributed by atoms with Crippen LogP contribution in [-0.2, 0) is 9.47 Å². The molecule has 7 nitrogen and oxygen atoms in total. The number of nitrogens with zero attached hydrogens (tertiary/aromatic N) is 3. The summed E-state index contributed by atoms with van der Waals surface area (Å²) in [5.41, 5.74) is -0.148. The van der Waals surface area contributed by atoms with Crippen molar-refractivity contribution in [3.05, 3.63) is 30.3 Å². The first-order valence-corrected chi connectivity index (χ1v) is 10.2. The number of benzene rings is 1. The van der Waals surface area contributed by atoms with Crippen LogP contribution >= 0.6 is 0 Å². The van der Waals surface area contributed by atoms with Gasteiger partial charge in [0.05, 0.1) is 5.60 Å². The molecule has 0 spiro atoms. The highest BCUT2D eigenvalue weighted by molar-refractivity contribution is 5.80. The minimum atomic E-state index is -0.148. The third kappa shape index (κ3) is 5.83. The number of rotatable bonds is 7. The molecule has 2 aliphatic rings. The lowest BCUT2D eigenvalue weighted by molar-refractivity contribution is -0.0858. The van der Waals surface area contributed by atoms with Gasteiger partial charge in [0.1, 0.15) is 12.4 Å². The molecule has 2 heterocycles. The van der Waals surface area contributed by atoms with Crippen LogP contribution < -0.4 is 10.1 Å². The summed E-state index contributed by atoms with van der Waals surface area (Å²) >= 11 is 0.